The Kier molecular flexibility index (Phi) is 6.92. The molecule has 0 aromatic rings. The van der Waals surface area contributed by atoms with E-state index in [4.69, 9.17) is 10.5 Å². The standard InChI is InChI=1S/C11H25N3O/c1-13-5-7-14(8-6-13)9-11-15-10-3-2-4-12/h2-12H2,1H3. The number of rotatable bonds is 7. The van der Waals surface area contributed by atoms with E-state index in [-0.39, 0.29) is 0 Å². The van der Waals surface area contributed by atoms with Crippen molar-refractivity contribution in [3.63, 3.8) is 0 Å². The number of nitrogens with zero attached hydrogens (tertiary/aromatic N) is 2. The lowest BCUT2D eigenvalue weighted by Gasteiger charge is -2.32. The van der Waals surface area contributed by atoms with Gasteiger partial charge in [0.25, 0.3) is 0 Å². The van der Waals surface area contributed by atoms with E-state index in [1.54, 1.807) is 0 Å². The molecule has 1 fully saturated rings. The van der Waals surface area contributed by atoms with Crippen LogP contribution in [-0.2, 0) is 4.74 Å². The van der Waals surface area contributed by atoms with Crippen LogP contribution in [0.5, 0.6) is 0 Å². The highest BCUT2D eigenvalue weighted by atomic mass is 16.5. The third kappa shape index (κ3) is 6.10. The average Bonchev–Trinajstić information content (AvgIpc) is 2.26. The molecule has 4 nitrogen and oxygen atoms in total. The molecular formula is C11H25N3O. The molecular weight excluding hydrogens is 190 g/mol. The summed E-state index contributed by atoms with van der Waals surface area (Å²) in [6, 6.07) is 0. The summed E-state index contributed by atoms with van der Waals surface area (Å²) in [6.45, 7) is 8.34. The quantitative estimate of drug-likeness (QED) is 0.607. The van der Waals surface area contributed by atoms with Gasteiger partial charge in [-0.3, -0.25) is 4.90 Å². The number of ether oxygens (including phenoxy) is 1. The molecule has 0 aromatic heterocycles. The zero-order valence-corrected chi connectivity index (χ0v) is 9.95. The Labute approximate surface area is 93.4 Å². The molecule has 1 aliphatic heterocycles. The summed E-state index contributed by atoms with van der Waals surface area (Å²) in [6.07, 6.45) is 2.17. The summed E-state index contributed by atoms with van der Waals surface area (Å²) >= 11 is 0. The minimum atomic E-state index is 0.780. The SMILES string of the molecule is CN1CCN(CCOCCCCN)CC1. The Balaban J connectivity index is 1.87. The maximum atomic E-state index is 5.55. The second-order valence-corrected chi connectivity index (χ2v) is 4.25. The highest BCUT2D eigenvalue weighted by molar-refractivity contribution is 4.68. The van der Waals surface area contributed by atoms with Crippen molar-refractivity contribution in [2.75, 3.05) is 59.5 Å². The molecule has 1 aliphatic rings. The highest BCUT2D eigenvalue weighted by Gasteiger charge is 2.12. The summed E-state index contributed by atoms with van der Waals surface area (Å²) in [4.78, 5) is 4.85. The number of likely N-dealkylation sites (N-methyl/N-ethyl adjacent to an activating group) is 1. The lowest BCUT2D eigenvalue weighted by Crippen LogP contribution is -2.45. The van der Waals surface area contributed by atoms with E-state index < -0.39 is 0 Å². The first kappa shape index (κ1) is 12.9. The van der Waals surface area contributed by atoms with Crippen molar-refractivity contribution < 1.29 is 4.74 Å². The van der Waals surface area contributed by atoms with Gasteiger partial charge in [-0.2, -0.15) is 0 Å². The van der Waals surface area contributed by atoms with Crippen molar-refractivity contribution in [2.24, 2.45) is 5.73 Å². The number of hydrogen-bond donors (Lipinski definition) is 1. The lowest BCUT2D eigenvalue weighted by molar-refractivity contribution is 0.0804. The van der Waals surface area contributed by atoms with E-state index in [0.717, 1.165) is 39.1 Å². The van der Waals surface area contributed by atoms with Gasteiger partial charge in [0.15, 0.2) is 0 Å². The maximum absolute atomic E-state index is 5.55. The van der Waals surface area contributed by atoms with Gasteiger partial charge in [0.2, 0.25) is 0 Å². The fourth-order valence-corrected chi connectivity index (χ4v) is 1.72. The molecule has 15 heavy (non-hydrogen) atoms. The van der Waals surface area contributed by atoms with Crippen LogP contribution < -0.4 is 5.73 Å². The van der Waals surface area contributed by atoms with Crippen molar-refractivity contribution in [3.05, 3.63) is 0 Å². The maximum Gasteiger partial charge on any atom is 0.0593 e. The lowest BCUT2D eigenvalue weighted by atomic mass is 10.3. The normalized spacial score (nSPS) is 19.6. The molecule has 0 bridgehead atoms. The van der Waals surface area contributed by atoms with E-state index in [2.05, 4.69) is 16.8 Å². The molecule has 90 valence electrons. The summed E-state index contributed by atoms with van der Waals surface area (Å²) in [5.41, 5.74) is 5.40. The molecule has 1 saturated heterocycles. The Morgan fingerprint density at radius 3 is 2.47 bits per heavy atom. The van der Waals surface area contributed by atoms with Crippen molar-refractivity contribution in [2.45, 2.75) is 12.8 Å². The van der Waals surface area contributed by atoms with E-state index in [9.17, 15) is 0 Å². The molecule has 0 aromatic carbocycles. The number of piperazine rings is 1. The van der Waals surface area contributed by atoms with Crippen LogP contribution in [0.1, 0.15) is 12.8 Å². The summed E-state index contributed by atoms with van der Waals surface area (Å²) in [5.74, 6) is 0. The van der Waals surface area contributed by atoms with Gasteiger partial charge in [-0.25, -0.2) is 0 Å². The summed E-state index contributed by atoms with van der Waals surface area (Å²) in [5, 5.41) is 0. The molecule has 2 N–H and O–H groups in total. The predicted octanol–water partition coefficient (Wildman–Crippen LogP) is -0.0107. The van der Waals surface area contributed by atoms with Crippen LogP contribution in [0.2, 0.25) is 0 Å². The van der Waals surface area contributed by atoms with E-state index in [1.807, 2.05) is 0 Å². The van der Waals surface area contributed by atoms with E-state index in [0.29, 0.717) is 0 Å². The Morgan fingerprint density at radius 2 is 1.80 bits per heavy atom. The second-order valence-electron chi connectivity index (χ2n) is 4.25. The fraction of sp³-hybridized carbons (Fsp3) is 1.00. The molecule has 0 amide bonds. The molecule has 1 rings (SSSR count). The monoisotopic (exact) mass is 215 g/mol. The van der Waals surface area contributed by atoms with Gasteiger partial charge < -0.3 is 15.4 Å². The van der Waals surface area contributed by atoms with Crippen LogP contribution in [0.4, 0.5) is 0 Å². The molecule has 4 heteroatoms. The van der Waals surface area contributed by atoms with E-state index in [1.165, 1.54) is 26.2 Å². The highest BCUT2D eigenvalue weighted by Crippen LogP contribution is 1.98. The van der Waals surface area contributed by atoms with E-state index >= 15 is 0 Å². The van der Waals surface area contributed by atoms with Crippen LogP contribution in [0, 0.1) is 0 Å². The molecule has 1 heterocycles. The first-order chi connectivity index (χ1) is 7.33. The van der Waals surface area contributed by atoms with Crippen molar-refractivity contribution in [3.8, 4) is 0 Å². The zero-order valence-electron chi connectivity index (χ0n) is 9.95. The van der Waals surface area contributed by atoms with Crippen LogP contribution in [0.25, 0.3) is 0 Å². The van der Waals surface area contributed by atoms with Crippen LogP contribution >= 0.6 is 0 Å². The average molecular weight is 215 g/mol. The number of hydrogen-bond acceptors (Lipinski definition) is 4. The fourth-order valence-electron chi connectivity index (χ4n) is 1.72. The molecule has 0 radical (unpaired) electrons. The Hall–Kier alpha value is -0.160. The first-order valence-corrected chi connectivity index (χ1v) is 6.01. The number of unbranched alkanes of at least 4 members (excludes halogenated alkanes) is 1. The van der Waals surface area contributed by atoms with Gasteiger partial charge in [-0.05, 0) is 26.4 Å². The zero-order chi connectivity index (χ0) is 10.9. The van der Waals surface area contributed by atoms with Crippen molar-refractivity contribution >= 4 is 0 Å². The summed E-state index contributed by atoms with van der Waals surface area (Å²) in [7, 11) is 2.18. The Bertz CT molecular complexity index is 147. The van der Waals surface area contributed by atoms with Gasteiger partial charge in [0, 0.05) is 39.3 Å². The second kappa shape index (κ2) is 8.05. The molecule has 0 saturated carbocycles. The molecule has 0 spiro atoms. The molecule has 0 unspecified atom stereocenters. The molecule has 0 atom stereocenters. The van der Waals surface area contributed by atoms with Crippen LogP contribution in [0.15, 0.2) is 0 Å². The van der Waals surface area contributed by atoms with Crippen LogP contribution in [0.3, 0.4) is 0 Å². The van der Waals surface area contributed by atoms with Crippen LogP contribution in [-0.4, -0.2) is 69.3 Å². The predicted molar refractivity (Wildman–Crippen MR) is 63.0 cm³/mol. The topological polar surface area (TPSA) is 41.7 Å². The van der Waals surface area contributed by atoms with Gasteiger partial charge in [0.1, 0.15) is 0 Å². The first-order valence-electron chi connectivity index (χ1n) is 6.01. The van der Waals surface area contributed by atoms with Gasteiger partial charge in [-0.15, -0.1) is 0 Å². The Morgan fingerprint density at radius 1 is 1.07 bits per heavy atom. The third-order valence-corrected chi connectivity index (χ3v) is 2.89. The van der Waals surface area contributed by atoms with Gasteiger partial charge in [0.05, 0.1) is 6.61 Å². The van der Waals surface area contributed by atoms with Crippen molar-refractivity contribution in [1.82, 2.24) is 9.80 Å². The van der Waals surface area contributed by atoms with Gasteiger partial charge in [-0.1, -0.05) is 0 Å². The number of nitrogens with two attached hydrogens (primary N) is 1. The van der Waals surface area contributed by atoms with Gasteiger partial charge >= 0.3 is 0 Å². The smallest absolute Gasteiger partial charge is 0.0593 e. The third-order valence-electron chi connectivity index (χ3n) is 2.89. The minimum absolute atomic E-state index is 0.780. The molecule has 0 aliphatic carbocycles. The van der Waals surface area contributed by atoms with Crippen molar-refractivity contribution in [1.29, 1.82) is 0 Å². The minimum Gasteiger partial charge on any atom is -0.380 e. The summed E-state index contributed by atoms with van der Waals surface area (Å²) < 4.78 is 5.55. The largest absolute Gasteiger partial charge is 0.380 e.